The normalized spacial score (nSPS) is 11.8. The molecule has 74 valence electrons. The van der Waals surface area contributed by atoms with Crippen LogP contribution in [0.3, 0.4) is 0 Å². The second kappa shape index (κ2) is 3.01. The first-order chi connectivity index (χ1) is 5.88. The highest BCUT2D eigenvalue weighted by atomic mass is 19.1. The Balaban J connectivity index is 3.25. The lowest BCUT2D eigenvalue weighted by atomic mass is 10.1. The summed E-state index contributed by atoms with van der Waals surface area (Å²) in [6.45, 7) is 7.33. The Morgan fingerprint density at radius 2 is 1.92 bits per heavy atom. The van der Waals surface area contributed by atoms with Crippen LogP contribution < -0.4 is 4.74 Å². The third-order valence-electron chi connectivity index (χ3n) is 1.84. The van der Waals surface area contributed by atoms with E-state index in [0.717, 1.165) is 0 Å². The van der Waals surface area contributed by atoms with Gasteiger partial charge in [-0.2, -0.15) is 4.39 Å². The van der Waals surface area contributed by atoms with E-state index in [1.165, 1.54) is 11.8 Å². The van der Waals surface area contributed by atoms with Gasteiger partial charge < -0.3 is 4.74 Å². The highest BCUT2D eigenvalue weighted by Crippen LogP contribution is 2.24. The first-order valence-electron chi connectivity index (χ1n) is 4.17. The van der Waals surface area contributed by atoms with E-state index < -0.39 is 0 Å². The minimum atomic E-state index is -0.356. The highest BCUT2D eigenvalue weighted by Gasteiger charge is 2.23. The van der Waals surface area contributed by atoms with Crippen molar-refractivity contribution in [3.05, 3.63) is 11.5 Å². The number of aromatic nitrogens is 2. The van der Waals surface area contributed by atoms with E-state index in [9.17, 15) is 4.39 Å². The number of halogens is 1. The summed E-state index contributed by atoms with van der Waals surface area (Å²) in [5, 5.41) is 4.02. The van der Waals surface area contributed by atoms with Gasteiger partial charge in [-0.15, -0.1) is 5.10 Å². The molecule has 0 aliphatic carbocycles. The van der Waals surface area contributed by atoms with Gasteiger partial charge in [0.2, 0.25) is 11.8 Å². The molecule has 4 heteroatoms. The van der Waals surface area contributed by atoms with Crippen LogP contribution in [0.25, 0.3) is 0 Å². The van der Waals surface area contributed by atoms with Crippen molar-refractivity contribution in [2.24, 2.45) is 0 Å². The zero-order valence-electron chi connectivity index (χ0n) is 8.68. The van der Waals surface area contributed by atoms with Crippen molar-refractivity contribution >= 4 is 0 Å². The van der Waals surface area contributed by atoms with Crippen molar-refractivity contribution in [1.82, 2.24) is 9.78 Å². The summed E-state index contributed by atoms with van der Waals surface area (Å²) in [6, 6.07) is 0. The van der Waals surface area contributed by atoms with Crippen LogP contribution in [0.5, 0.6) is 5.88 Å². The lowest BCUT2D eigenvalue weighted by Crippen LogP contribution is -2.24. The van der Waals surface area contributed by atoms with E-state index in [0.29, 0.717) is 11.4 Å². The third-order valence-corrected chi connectivity index (χ3v) is 1.84. The van der Waals surface area contributed by atoms with Gasteiger partial charge in [-0.3, -0.25) is 0 Å². The number of rotatable bonds is 1. The standard InChI is InChI=1S/C9H15FN2O/c1-6-7(10)12(9(2,3)4)11-8(6)13-5/h1-5H3. The second-order valence-electron chi connectivity index (χ2n) is 4.01. The summed E-state index contributed by atoms with van der Waals surface area (Å²) < 4.78 is 19.8. The third kappa shape index (κ3) is 1.66. The van der Waals surface area contributed by atoms with E-state index in [4.69, 9.17) is 4.74 Å². The van der Waals surface area contributed by atoms with Crippen LogP contribution in [-0.4, -0.2) is 16.9 Å². The monoisotopic (exact) mass is 186 g/mol. The molecule has 0 saturated heterocycles. The summed E-state index contributed by atoms with van der Waals surface area (Å²) in [4.78, 5) is 0. The Morgan fingerprint density at radius 1 is 1.38 bits per heavy atom. The van der Waals surface area contributed by atoms with E-state index in [1.54, 1.807) is 6.92 Å². The Hall–Kier alpha value is -1.06. The van der Waals surface area contributed by atoms with Gasteiger partial charge in [-0.1, -0.05) is 0 Å². The minimum Gasteiger partial charge on any atom is -0.480 e. The topological polar surface area (TPSA) is 27.1 Å². The summed E-state index contributed by atoms with van der Waals surface area (Å²) in [5.74, 6) is 0.0248. The quantitative estimate of drug-likeness (QED) is 0.671. The molecule has 1 aromatic rings. The van der Waals surface area contributed by atoms with Crippen LogP contribution >= 0.6 is 0 Å². The van der Waals surface area contributed by atoms with Gasteiger partial charge in [-0.05, 0) is 27.7 Å². The average molecular weight is 186 g/mol. The average Bonchev–Trinajstić information content (AvgIpc) is 2.28. The van der Waals surface area contributed by atoms with E-state index in [1.807, 2.05) is 20.8 Å². The van der Waals surface area contributed by atoms with Gasteiger partial charge in [0.05, 0.1) is 18.2 Å². The molecule has 1 rings (SSSR count). The first-order valence-corrected chi connectivity index (χ1v) is 4.17. The van der Waals surface area contributed by atoms with Gasteiger partial charge in [0.25, 0.3) is 0 Å². The fraction of sp³-hybridized carbons (Fsp3) is 0.667. The van der Waals surface area contributed by atoms with Crippen molar-refractivity contribution in [3.8, 4) is 5.88 Å². The van der Waals surface area contributed by atoms with Crippen molar-refractivity contribution in [1.29, 1.82) is 0 Å². The predicted octanol–water partition coefficient (Wildman–Crippen LogP) is 2.09. The molecule has 0 spiro atoms. The van der Waals surface area contributed by atoms with Gasteiger partial charge in [0.1, 0.15) is 0 Å². The van der Waals surface area contributed by atoms with E-state index in [2.05, 4.69) is 5.10 Å². The van der Waals surface area contributed by atoms with Crippen LogP contribution in [0.4, 0.5) is 4.39 Å². The molecule has 0 N–H and O–H groups in total. The molecule has 0 unspecified atom stereocenters. The molecule has 0 fully saturated rings. The zero-order chi connectivity index (χ0) is 10.2. The summed E-state index contributed by atoms with van der Waals surface area (Å²) in [7, 11) is 1.49. The van der Waals surface area contributed by atoms with Crippen LogP contribution in [0.15, 0.2) is 0 Å². The van der Waals surface area contributed by atoms with E-state index in [-0.39, 0.29) is 11.5 Å². The highest BCUT2D eigenvalue weighted by molar-refractivity contribution is 5.23. The fourth-order valence-corrected chi connectivity index (χ4v) is 1.10. The predicted molar refractivity (Wildman–Crippen MR) is 48.5 cm³/mol. The van der Waals surface area contributed by atoms with Crippen LogP contribution in [-0.2, 0) is 5.54 Å². The molecular weight excluding hydrogens is 171 g/mol. The van der Waals surface area contributed by atoms with Crippen LogP contribution in [0.1, 0.15) is 26.3 Å². The van der Waals surface area contributed by atoms with Crippen LogP contribution in [0.2, 0.25) is 0 Å². The van der Waals surface area contributed by atoms with Gasteiger partial charge in [0.15, 0.2) is 0 Å². The lowest BCUT2D eigenvalue weighted by Gasteiger charge is -2.19. The number of hydrogen-bond acceptors (Lipinski definition) is 2. The molecule has 0 aromatic carbocycles. The summed E-state index contributed by atoms with van der Waals surface area (Å²) in [5.41, 5.74) is 0.100. The Morgan fingerprint density at radius 3 is 2.15 bits per heavy atom. The van der Waals surface area contributed by atoms with E-state index >= 15 is 0 Å². The summed E-state index contributed by atoms with van der Waals surface area (Å²) in [6.07, 6.45) is 0. The largest absolute Gasteiger partial charge is 0.480 e. The van der Waals surface area contributed by atoms with Crippen molar-refractivity contribution in [2.75, 3.05) is 7.11 Å². The molecule has 3 nitrogen and oxygen atoms in total. The molecule has 1 aromatic heterocycles. The molecule has 0 atom stereocenters. The maximum atomic E-state index is 13.5. The van der Waals surface area contributed by atoms with Gasteiger partial charge >= 0.3 is 0 Å². The Bertz CT molecular complexity index is 312. The second-order valence-corrected chi connectivity index (χ2v) is 4.01. The SMILES string of the molecule is COc1nn(C(C)(C)C)c(F)c1C. The molecule has 0 amide bonds. The number of hydrogen-bond donors (Lipinski definition) is 0. The molecule has 0 saturated carbocycles. The van der Waals surface area contributed by atoms with Crippen molar-refractivity contribution < 1.29 is 9.13 Å². The maximum Gasteiger partial charge on any atom is 0.238 e. The Kier molecular flexibility index (Phi) is 2.32. The molecule has 0 bridgehead atoms. The molecule has 1 heterocycles. The zero-order valence-corrected chi connectivity index (χ0v) is 8.68. The first kappa shape index (κ1) is 10.0. The van der Waals surface area contributed by atoms with Crippen molar-refractivity contribution in [3.63, 3.8) is 0 Å². The molecular formula is C9H15FN2O. The molecule has 0 aliphatic heterocycles. The minimum absolute atomic E-state index is 0.329. The van der Waals surface area contributed by atoms with Gasteiger partial charge in [-0.25, -0.2) is 4.68 Å². The fourth-order valence-electron chi connectivity index (χ4n) is 1.10. The molecule has 0 aliphatic rings. The number of nitrogens with zero attached hydrogens (tertiary/aromatic N) is 2. The maximum absolute atomic E-state index is 13.5. The van der Waals surface area contributed by atoms with Gasteiger partial charge in [0, 0.05) is 0 Å². The Labute approximate surface area is 77.5 Å². The smallest absolute Gasteiger partial charge is 0.238 e. The summed E-state index contributed by atoms with van der Waals surface area (Å²) >= 11 is 0. The number of ether oxygens (including phenoxy) is 1. The lowest BCUT2D eigenvalue weighted by molar-refractivity contribution is 0.289. The molecule has 0 radical (unpaired) electrons. The molecule has 13 heavy (non-hydrogen) atoms. The van der Waals surface area contributed by atoms with Crippen LogP contribution in [0, 0.1) is 12.9 Å². The number of methoxy groups -OCH3 is 1. The van der Waals surface area contributed by atoms with Crippen molar-refractivity contribution in [2.45, 2.75) is 33.2 Å².